The Hall–Kier alpha value is -1.58. The molecule has 0 bridgehead atoms. The standard InChI is InChI=1S/C15H21N3O2S/c1-13(2)14-4-3-5-15(12-14)17-7-9-18(10-8-17)21(19,20)11-6-16/h3-5,12-13H,7-11H2,1-2H3. The van der Waals surface area contributed by atoms with Gasteiger partial charge in [0.05, 0.1) is 6.07 Å². The molecule has 5 nitrogen and oxygen atoms in total. The smallest absolute Gasteiger partial charge is 0.227 e. The molecule has 0 N–H and O–H groups in total. The molecule has 0 atom stereocenters. The third-order valence-electron chi connectivity index (χ3n) is 3.78. The van der Waals surface area contributed by atoms with Gasteiger partial charge in [0.15, 0.2) is 5.75 Å². The van der Waals surface area contributed by atoms with Crippen LogP contribution in [0.15, 0.2) is 24.3 Å². The minimum atomic E-state index is -3.42. The monoisotopic (exact) mass is 307 g/mol. The van der Waals surface area contributed by atoms with E-state index >= 15 is 0 Å². The number of piperazine rings is 1. The number of nitriles is 1. The van der Waals surface area contributed by atoms with E-state index in [0.717, 1.165) is 5.69 Å². The quantitative estimate of drug-likeness (QED) is 0.850. The minimum Gasteiger partial charge on any atom is -0.369 e. The molecule has 0 saturated carbocycles. The van der Waals surface area contributed by atoms with Gasteiger partial charge in [-0.3, -0.25) is 0 Å². The Morgan fingerprint density at radius 2 is 1.90 bits per heavy atom. The Morgan fingerprint density at radius 3 is 2.48 bits per heavy atom. The SMILES string of the molecule is CC(C)c1cccc(N2CCN(S(=O)(=O)CC#N)CC2)c1. The molecule has 1 aliphatic rings. The first-order valence-corrected chi connectivity index (χ1v) is 8.74. The summed E-state index contributed by atoms with van der Waals surface area (Å²) in [6.45, 7) is 6.52. The molecule has 0 spiro atoms. The molecule has 21 heavy (non-hydrogen) atoms. The fourth-order valence-corrected chi connectivity index (χ4v) is 3.54. The van der Waals surface area contributed by atoms with Crippen molar-refractivity contribution < 1.29 is 8.42 Å². The van der Waals surface area contributed by atoms with Crippen LogP contribution in [0, 0.1) is 11.3 Å². The molecule has 0 radical (unpaired) electrons. The number of sulfonamides is 1. The van der Waals surface area contributed by atoms with E-state index in [0.29, 0.717) is 32.1 Å². The van der Waals surface area contributed by atoms with Crippen LogP contribution in [0.3, 0.4) is 0 Å². The molecule has 1 fully saturated rings. The molecule has 1 heterocycles. The highest BCUT2D eigenvalue weighted by molar-refractivity contribution is 7.89. The summed E-state index contributed by atoms with van der Waals surface area (Å²) in [4.78, 5) is 2.20. The first kappa shape index (κ1) is 15.8. The summed E-state index contributed by atoms with van der Waals surface area (Å²) in [5.41, 5.74) is 2.42. The van der Waals surface area contributed by atoms with Crippen molar-refractivity contribution in [2.75, 3.05) is 36.8 Å². The van der Waals surface area contributed by atoms with E-state index in [1.807, 2.05) is 6.07 Å². The lowest BCUT2D eigenvalue weighted by atomic mass is 10.0. The lowest BCUT2D eigenvalue weighted by molar-refractivity contribution is 0.386. The van der Waals surface area contributed by atoms with Crippen molar-refractivity contribution in [3.63, 3.8) is 0 Å². The van der Waals surface area contributed by atoms with E-state index in [1.165, 1.54) is 9.87 Å². The van der Waals surface area contributed by atoms with Crippen molar-refractivity contribution in [1.29, 1.82) is 5.26 Å². The number of hydrogen-bond acceptors (Lipinski definition) is 4. The topological polar surface area (TPSA) is 64.4 Å². The molecule has 0 aliphatic carbocycles. The average molecular weight is 307 g/mol. The lowest BCUT2D eigenvalue weighted by Gasteiger charge is -2.35. The maximum Gasteiger partial charge on any atom is 0.227 e. The second kappa shape index (κ2) is 6.46. The van der Waals surface area contributed by atoms with E-state index in [9.17, 15) is 8.42 Å². The molecule has 1 saturated heterocycles. The van der Waals surface area contributed by atoms with Gasteiger partial charge < -0.3 is 4.90 Å². The second-order valence-electron chi connectivity index (χ2n) is 5.55. The van der Waals surface area contributed by atoms with E-state index < -0.39 is 15.8 Å². The van der Waals surface area contributed by atoms with Gasteiger partial charge in [0, 0.05) is 31.9 Å². The van der Waals surface area contributed by atoms with Crippen LogP contribution in [0.5, 0.6) is 0 Å². The van der Waals surface area contributed by atoms with E-state index in [2.05, 4.69) is 36.9 Å². The summed E-state index contributed by atoms with van der Waals surface area (Å²) in [6, 6.07) is 10.1. The van der Waals surface area contributed by atoms with Gasteiger partial charge in [-0.15, -0.1) is 0 Å². The van der Waals surface area contributed by atoms with Crippen LogP contribution in [-0.4, -0.2) is 44.7 Å². The summed E-state index contributed by atoms with van der Waals surface area (Å²) < 4.78 is 25.1. The Kier molecular flexibility index (Phi) is 4.86. The zero-order valence-electron chi connectivity index (χ0n) is 12.5. The predicted molar refractivity (Wildman–Crippen MR) is 83.7 cm³/mol. The summed E-state index contributed by atoms with van der Waals surface area (Å²) in [7, 11) is -3.42. The predicted octanol–water partition coefficient (Wildman–Crippen LogP) is 1.79. The number of benzene rings is 1. The number of rotatable bonds is 4. The van der Waals surface area contributed by atoms with Gasteiger partial charge in [0.25, 0.3) is 0 Å². The first-order valence-electron chi connectivity index (χ1n) is 7.14. The highest BCUT2D eigenvalue weighted by atomic mass is 32.2. The number of anilines is 1. The van der Waals surface area contributed by atoms with Crippen molar-refractivity contribution in [2.45, 2.75) is 19.8 Å². The minimum absolute atomic E-state index is 0.435. The van der Waals surface area contributed by atoms with E-state index in [1.54, 1.807) is 6.07 Å². The summed E-state index contributed by atoms with van der Waals surface area (Å²) in [6.07, 6.45) is 0. The number of hydrogen-bond donors (Lipinski definition) is 0. The van der Waals surface area contributed by atoms with Gasteiger partial charge in [-0.1, -0.05) is 26.0 Å². The maximum absolute atomic E-state index is 11.9. The Morgan fingerprint density at radius 1 is 1.24 bits per heavy atom. The average Bonchev–Trinajstić information content (AvgIpc) is 2.47. The van der Waals surface area contributed by atoms with Gasteiger partial charge in [0.1, 0.15) is 0 Å². The zero-order chi connectivity index (χ0) is 15.5. The molecule has 114 valence electrons. The molecule has 1 aromatic rings. The largest absolute Gasteiger partial charge is 0.369 e. The molecule has 6 heteroatoms. The molecule has 1 aromatic carbocycles. The highest BCUT2D eigenvalue weighted by Crippen LogP contribution is 2.23. The normalized spacial score (nSPS) is 17.0. The fourth-order valence-electron chi connectivity index (χ4n) is 2.48. The molecule has 0 unspecified atom stereocenters. The Labute approximate surface area is 126 Å². The molecule has 1 aliphatic heterocycles. The fraction of sp³-hybridized carbons (Fsp3) is 0.533. The van der Waals surface area contributed by atoms with Gasteiger partial charge in [-0.05, 0) is 23.6 Å². The first-order chi connectivity index (χ1) is 9.94. The van der Waals surface area contributed by atoms with Crippen molar-refractivity contribution in [2.24, 2.45) is 0 Å². The van der Waals surface area contributed by atoms with Gasteiger partial charge >= 0.3 is 0 Å². The van der Waals surface area contributed by atoms with Gasteiger partial charge in [-0.25, -0.2) is 8.42 Å². The van der Waals surface area contributed by atoms with Crippen molar-refractivity contribution in [3.05, 3.63) is 29.8 Å². The highest BCUT2D eigenvalue weighted by Gasteiger charge is 2.26. The summed E-state index contributed by atoms with van der Waals surface area (Å²) >= 11 is 0. The van der Waals surface area contributed by atoms with E-state index in [-0.39, 0.29) is 0 Å². The van der Waals surface area contributed by atoms with Crippen LogP contribution in [0.2, 0.25) is 0 Å². The molecule has 0 aromatic heterocycles. The van der Waals surface area contributed by atoms with Gasteiger partial charge in [0.2, 0.25) is 10.0 Å². The van der Waals surface area contributed by atoms with Gasteiger partial charge in [-0.2, -0.15) is 9.57 Å². The van der Waals surface area contributed by atoms with Crippen LogP contribution in [0.1, 0.15) is 25.3 Å². The molecule has 2 rings (SSSR count). The van der Waals surface area contributed by atoms with Crippen molar-refractivity contribution in [3.8, 4) is 6.07 Å². The number of nitrogens with zero attached hydrogens (tertiary/aromatic N) is 3. The van der Waals surface area contributed by atoms with Crippen LogP contribution in [0.4, 0.5) is 5.69 Å². The summed E-state index contributed by atoms with van der Waals surface area (Å²) in [5, 5.41) is 8.58. The van der Waals surface area contributed by atoms with Crippen LogP contribution >= 0.6 is 0 Å². The van der Waals surface area contributed by atoms with Crippen LogP contribution < -0.4 is 4.90 Å². The molecular weight excluding hydrogens is 286 g/mol. The molecular formula is C15H21N3O2S. The van der Waals surface area contributed by atoms with Crippen LogP contribution in [-0.2, 0) is 10.0 Å². The van der Waals surface area contributed by atoms with Crippen molar-refractivity contribution in [1.82, 2.24) is 4.31 Å². The lowest BCUT2D eigenvalue weighted by Crippen LogP contribution is -2.49. The zero-order valence-corrected chi connectivity index (χ0v) is 13.3. The van der Waals surface area contributed by atoms with E-state index in [4.69, 9.17) is 5.26 Å². The third-order valence-corrected chi connectivity index (χ3v) is 5.43. The maximum atomic E-state index is 11.9. The Balaban J connectivity index is 2.05. The van der Waals surface area contributed by atoms with Crippen molar-refractivity contribution >= 4 is 15.7 Å². The second-order valence-corrected chi connectivity index (χ2v) is 7.52. The Bertz CT molecular complexity index is 627. The summed E-state index contributed by atoms with van der Waals surface area (Å²) in [5.74, 6) is 0.0396. The van der Waals surface area contributed by atoms with Crippen LogP contribution in [0.25, 0.3) is 0 Å². The third kappa shape index (κ3) is 3.74. The molecule has 0 amide bonds.